The van der Waals surface area contributed by atoms with Crippen molar-refractivity contribution in [1.82, 2.24) is 0 Å². The van der Waals surface area contributed by atoms with Crippen LogP contribution in [-0.2, 0) is 16.4 Å². The zero-order chi connectivity index (χ0) is 19.4. The van der Waals surface area contributed by atoms with E-state index >= 15 is 0 Å². The third-order valence-corrected chi connectivity index (χ3v) is 6.35. The molecular weight excluding hydrogens is 386 g/mol. The molecule has 8 heteroatoms. The summed E-state index contributed by atoms with van der Waals surface area (Å²) >= 11 is 1.06. The summed E-state index contributed by atoms with van der Waals surface area (Å²) in [5, 5.41) is 11.4. The zero-order valence-corrected chi connectivity index (χ0v) is 16.0. The first-order chi connectivity index (χ1) is 12.9. The minimum Gasteiger partial charge on any atom is -0.497 e. The van der Waals surface area contributed by atoms with Crippen LogP contribution in [0.4, 0.5) is 5.00 Å². The summed E-state index contributed by atoms with van der Waals surface area (Å²) in [4.78, 5) is 11.8. The third-order valence-electron chi connectivity index (χ3n) is 3.92. The monoisotopic (exact) mass is 403 g/mol. The van der Waals surface area contributed by atoms with E-state index in [0.29, 0.717) is 17.7 Å². The van der Waals surface area contributed by atoms with Crippen molar-refractivity contribution >= 4 is 32.3 Å². The highest BCUT2D eigenvalue weighted by molar-refractivity contribution is 7.93. The number of carbonyl (C=O) groups is 1. The molecule has 0 aliphatic heterocycles. The highest BCUT2D eigenvalue weighted by Gasteiger charge is 2.23. The fourth-order valence-corrected chi connectivity index (χ4v) is 4.86. The van der Waals surface area contributed by atoms with Gasteiger partial charge in [0.2, 0.25) is 0 Å². The van der Waals surface area contributed by atoms with Gasteiger partial charge in [-0.25, -0.2) is 13.2 Å². The molecule has 0 unspecified atom stereocenters. The number of carboxylic acid groups (broad SMARTS) is 1. The predicted octanol–water partition coefficient (Wildman–Crippen LogP) is 3.85. The Labute approximate surface area is 161 Å². The van der Waals surface area contributed by atoms with Gasteiger partial charge in [0.05, 0.1) is 17.6 Å². The van der Waals surface area contributed by atoms with Gasteiger partial charge in [-0.3, -0.25) is 4.72 Å². The Kier molecular flexibility index (Phi) is 5.48. The quantitative estimate of drug-likeness (QED) is 0.625. The maximum absolute atomic E-state index is 12.6. The second kappa shape index (κ2) is 7.81. The molecule has 0 spiro atoms. The van der Waals surface area contributed by atoms with Crippen LogP contribution in [0.25, 0.3) is 0 Å². The molecule has 0 fully saturated rings. The minimum atomic E-state index is -3.91. The molecule has 2 N–H and O–H groups in total. The zero-order valence-electron chi connectivity index (χ0n) is 14.4. The van der Waals surface area contributed by atoms with Gasteiger partial charge < -0.3 is 9.84 Å². The van der Waals surface area contributed by atoms with Crippen molar-refractivity contribution in [2.45, 2.75) is 11.3 Å². The van der Waals surface area contributed by atoms with Crippen LogP contribution >= 0.6 is 11.3 Å². The minimum absolute atomic E-state index is 0.0256. The van der Waals surface area contributed by atoms with Crippen molar-refractivity contribution in [1.29, 1.82) is 0 Å². The molecule has 140 valence electrons. The van der Waals surface area contributed by atoms with Gasteiger partial charge in [0.25, 0.3) is 10.0 Å². The number of ether oxygens (including phenoxy) is 1. The summed E-state index contributed by atoms with van der Waals surface area (Å²) in [7, 11) is -2.43. The van der Waals surface area contributed by atoms with Crippen LogP contribution in [0, 0.1) is 0 Å². The average Bonchev–Trinajstić information content (AvgIpc) is 3.04. The van der Waals surface area contributed by atoms with Crippen molar-refractivity contribution in [3.63, 3.8) is 0 Å². The number of thiophene rings is 1. The molecule has 3 aromatic rings. The molecule has 0 saturated heterocycles. The molecule has 2 aromatic carbocycles. The van der Waals surface area contributed by atoms with Gasteiger partial charge in [0.1, 0.15) is 10.8 Å². The van der Waals surface area contributed by atoms with Gasteiger partial charge in [0.15, 0.2) is 0 Å². The van der Waals surface area contributed by atoms with Gasteiger partial charge in [-0.05, 0) is 47.2 Å². The summed E-state index contributed by atoms with van der Waals surface area (Å²) in [6.45, 7) is 0. The largest absolute Gasteiger partial charge is 0.497 e. The molecule has 0 aliphatic carbocycles. The van der Waals surface area contributed by atoms with E-state index in [2.05, 4.69) is 4.72 Å². The van der Waals surface area contributed by atoms with Gasteiger partial charge in [-0.15, -0.1) is 11.3 Å². The van der Waals surface area contributed by atoms with Crippen molar-refractivity contribution in [3.05, 3.63) is 76.7 Å². The molecule has 0 bridgehead atoms. The second-order valence-corrected chi connectivity index (χ2v) is 8.28. The maximum Gasteiger partial charge on any atom is 0.339 e. The number of sulfonamides is 1. The molecule has 3 rings (SSSR count). The lowest BCUT2D eigenvalue weighted by atomic mass is 10.0. The highest BCUT2D eigenvalue weighted by atomic mass is 32.2. The lowest BCUT2D eigenvalue weighted by Gasteiger charge is -2.09. The lowest BCUT2D eigenvalue weighted by Crippen LogP contribution is -2.14. The molecular formula is C19H17NO5S2. The van der Waals surface area contributed by atoms with Crippen LogP contribution in [-0.4, -0.2) is 26.6 Å². The van der Waals surface area contributed by atoms with Crippen LogP contribution < -0.4 is 9.46 Å². The van der Waals surface area contributed by atoms with E-state index in [0.717, 1.165) is 16.9 Å². The Balaban J connectivity index is 1.91. The third kappa shape index (κ3) is 4.29. The number of aromatic carboxylic acids is 1. The van der Waals surface area contributed by atoms with E-state index < -0.39 is 16.0 Å². The van der Waals surface area contributed by atoms with E-state index in [4.69, 9.17) is 4.74 Å². The molecule has 0 aliphatic rings. The van der Waals surface area contributed by atoms with Crippen molar-refractivity contribution in [2.75, 3.05) is 11.8 Å². The smallest absolute Gasteiger partial charge is 0.339 e. The summed E-state index contributed by atoms with van der Waals surface area (Å²) in [6.07, 6.45) is 0.406. The molecule has 0 saturated carbocycles. The fourth-order valence-electron chi connectivity index (χ4n) is 2.58. The van der Waals surface area contributed by atoms with Crippen molar-refractivity contribution < 1.29 is 23.1 Å². The second-order valence-electron chi connectivity index (χ2n) is 5.71. The summed E-state index contributed by atoms with van der Waals surface area (Å²) in [5.74, 6) is -0.643. The molecule has 6 nitrogen and oxygen atoms in total. The Morgan fingerprint density at radius 1 is 1.11 bits per heavy atom. The molecule has 1 heterocycles. The number of hydrogen-bond donors (Lipinski definition) is 2. The van der Waals surface area contributed by atoms with E-state index in [1.165, 1.54) is 31.4 Å². The highest BCUT2D eigenvalue weighted by Crippen LogP contribution is 2.32. The predicted molar refractivity (Wildman–Crippen MR) is 104 cm³/mol. The number of hydrogen-bond acceptors (Lipinski definition) is 5. The van der Waals surface area contributed by atoms with Gasteiger partial charge in [-0.2, -0.15) is 0 Å². The molecule has 1 aromatic heterocycles. The number of carboxylic acids is 1. The lowest BCUT2D eigenvalue weighted by molar-refractivity contribution is 0.0697. The van der Waals surface area contributed by atoms with Gasteiger partial charge in [-0.1, -0.05) is 30.3 Å². The van der Waals surface area contributed by atoms with Crippen LogP contribution in [0.3, 0.4) is 0 Å². The first-order valence-corrected chi connectivity index (χ1v) is 10.3. The number of anilines is 1. The van der Waals surface area contributed by atoms with Gasteiger partial charge in [0, 0.05) is 0 Å². The topological polar surface area (TPSA) is 92.7 Å². The normalized spacial score (nSPS) is 11.1. The molecule has 0 radical (unpaired) electrons. The molecule has 0 amide bonds. The van der Waals surface area contributed by atoms with E-state index in [1.54, 1.807) is 5.38 Å². The average molecular weight is 403 g/mol. The Morgan fingerprint density at radius 2 is 1.78 bits per heavy atom. The van der Waals surface area contributed by atoms with Crippen LogP contribution in [0.15, 0.2) is 64.9 Å². The van der Waals surface area contributed by atoms with Crippen molar-refractivity contribution in [2.24, 2.45) is 0 Å². The van der Waals surface area contributed by atoms with Crippen LogP contribution in [0.1, 0.15) is 21.5 Å². The molecule has 0 atom stereocenters. The fraction of sp³-hybridized carbons (Fsp3) is 0.105. The van der Waals surface area contributed by atoms with Gasteiger partial charge >= 0.3 is 5.97 Å². The molecule has 27 heavy (non-hydrogen) atoms. The van der Waals surface area contributed by atoms with Crippen molar-refractivity contribution in [3.8, 4) is 5.75 Å². The van der Waals surface area contributed by atoms with Crippen LogP contribution in [0.5, 0.6) is 5.75 Å². The SMILES string of the molecule is COc1ccc(S(=O)(=O)Nc2scc(Cc3ccccc3)c2C(=O)O)cc1. The number of rotatable bonds is 7. The van der Waals surface area contributed by atoms with E-state index in [-0.39, 0.29) is 15.5 Å². The summed E-state index contributed by atoms with van der Waals surface area (Å²) in [6, 6.07) is 15.3. The summed E-state index contributed by atoms with van der Waals surface area (Å²) in [5.41, 5.74) is 1.48. The Bertz CT molecular complexity index is 1040. The Morgan fingerprint density at radius 3 is 2.37 bits per heavy atom. The Hall–Kier alpha value is -2.84. The number of methoxy groups -OCH3 is 1. The number of benzene rings is 2. The first-order valence-electron chi connectivity index (χ1n) is 7.95. The van der Waals surface area contributed by atoms with Crippen LogP contribution in [0.2, 0.25) is 0 Å². The number of nitrogens with one attached hydrogen (secondary N) is 1. The standard InChI is InChI=1S/C19H17NO5S2/c1-25-15-7-9-16(10-8-15)27(23,24)20-18-17(19(21)22)14(12-26-18)11-13-5-3-2-4-6-13/h2-10,12,20H,11H2,1H3,(H,21,22). The van der Waals surface area contributed by atoms with E-state index in [1.807, 2.05) is 30.3 Å². The first kappa shape index (κ1) is 18.9. The van der Waals surface area contributed by atoms with E-state index in [9.17, 15) is 18.3 Å². The maximum atomic E-state index is 12.6. The summed E-state index contributed by atoms with van der Waals surface area (Å²) < 4.78 is 32.6.